The Balaban J connectivity index is 2.13. The second-order valence-corrected chi connectivity index (χ2v) is 5.98. The molecule has 1 aromatic rings. The molecule has 0 radical (unpaired) electrons. The standard InChI is InChI=1S/C14H22F3N3O2/c1-13(2,3)22-12(21)18-8-6-4-5-7-11-19-9-10(20-11)14(15,16)17/h9H,4-8H2,1-3H3,(H,18,21)(H,19,20). The molecule has 0 aliphatic carbocycles. The molecule has 5 nitrogen and oxygen atoms in total. The van der Waals surface area contributed by atoms with E-state index in [0.717, 1.165) is 19.0 Å². The zero-order valence-electron chi connectivity index (χ0n) is 13.0. The number of hydrogen-bond acceptors (Lipinski definition) is 3. The summed E-state index contributed by atoms with van der Waals surface area (Å²) in [6.07, 6.45) is -1.40. The van der Waals surface area contributed by atoms with Gasteiger partial charge in [0.1, 0.15) is 17.1 Å². The van der Waals surface area contributed by atoms with E-state index in [1.807, 2.05) is 0 Å². The van der Waals surface area contributed by atoms with E-state index in [1.165, 1.54) is 0 Å². The van der Waals surface area contributed by atoms with Gasteiger partial charge in [-0.15, -0.1) is 0 Å². The van der Waals surface area contributed by atoms with Gasteiger partial charge in [-0.25, -0.2) is 9.78 Å². The second kappa shape index (κ2) is 7.51. The number of carbonyl (C=O) groups excluding carboxylic acids is 1. The summed E-state index contributed by atoms with van der Waals surface area (Å²) in [5.41, 5.74) is -1.35. The van der Waals surface area contributed by atoms with Crippen LogP contribution in [-0.2, 0) is 17.3 Å². The number of alkyl halides is 3. The van der Waals surface area contributed by atoms with E-state index in [4.69, 9.17) is 4.74 Å². The van der Waals surface area contributed by atoms with Crippen LogP contribution in [0.3, 0.4) is 0 Å². The maximum Gasteiger partial charge on any atom is 0.432 e. The number of imidazole rings is 1. The largest absolute Gasteiger partial charge is 0.444 e. The molecule has 1 rings (SSSR count). The van der Waals surface area contributed by atoms with Crippen molar-refractivity contribution in [3.05, 3.63) is 17.7 Å². The summed E-state index contributed by atoms with van der Waals surface area (Å²) >= 11 is 0. The van der Waals surface area contributed by atoms with Crippen LogP contribution < -0.4 is 5.32 Å². The normalized spacial score (nSPS) is 12.3. The number of carbonyl (C=O) groups is 1. The van der Waals surface area contributed by atoms with Crippen molar-refractivity contribution in [3.8, 4) is 0 Å². The molecule has 0 aliphatic rings. The molecule has 126 valence electrons. The first-order chi connectivity index (χ1) is 10.1. The van der Waals surface area contributed by atoms with Crippen LogP contribution in [-0.4, -0.2) is 28.2 Å². The van der Waals surface area contributed by atoms with Gasteiger partial charge in [0.15, 0.2) is 0 Å². The Morgan fingerprint density at radius 2 is 1.95 bits per heavy atom. The Bertz CT molecular complexity index is 478. The molecule has 8 heteroatoms. The van der Waals surface area contributed by atoms with Gasteiger partial charge >= 0.3 is 12.3 Å². The molecule has 0 atom stereocenters. The molecule has 0 unspecified atom stereocenters. The molecule has 0 fully saturated rings. The Hall–Kier alpha value is -1.73. The first-order valence-corrected chi connectivity index (χ1v) is 7.16. The van der Waals surface area contributed by atoms with Crippen molar-refractivity contribution in [1.82, 2.24) is 15.3 Å². The van der Waals surface area contributed by atoms with Gasteiger partial charge in [0.2, 0.25) is 0 Å². The molecule has 0 aliphatic heterocycles. The summed E-state index contributed by atoms with van der Waals surface area (Å²) in [5, 5.41) is 2.63. The average molecular weight is 321 g/mol. The predicted molar refractivity (Wildman–Crippen MR) is 75.4 cm³/mol. The lowest BCUT2D eigenvalue weighted by molar-refractivity contribution is -0.140. The van der Waals surface area contributed by atoms with E-state index in [1.54, 1.807) is 20.8 Å². The summed E-state index contributed by atoms with van der Waals surface area (Å²) in [6, 6.07) is 0. The molecule has 0 aromatic carbocycles. The Morgan fingerprint density at radius 1 is 1.27 bits per heavy atom. The number of aromatic amines is 1. The molecule has 22 heavy (non-hydrogen) atoms. The van der Waals surface area contributed by atoms with Gasteiger partial charge in [0.25, 0.3) is 0 Å². The second-order valence-electron chi connectivity index (χ2n) is 5.98. The summed E-state index contributed by atoms with van der Waals surface area (Å²) in [5.74, 6) is 0.326. The van der Waals surface area contributed by atoms with Crippen molar-refractivity contribution in [2.24, 2.45) is 0 Å². The SMILES string of the molecule is CC(C)(C)OC(=O)NCCCCCc1ncc(C(F)(F)F)[nH]1. The third-order valence-corrected chi connectivity index (χ3v) is 2.69. The minimum atomic E-state index is -4.39. The molecule has 0 saturated heterocycles. The fourth-order valence-electron chi connectivity index (χ4n) is 1.73. The number of amides is 1. The summed E-state index contributed by atoms with van der Waals surface area (Å²) < 4.78 is 42.2. The van der Waals surface area contributed by atoms with Crippen molar-refractivity contribution in [2.75, 3.05) is 6.54 Å². The Labute approximate surface area is 127 Å². The van der Waals surface area contributed by atoms with Crippen molar-refractivity contribution in [3.63, 3.8) is 0 Å². The van der Waals surface area contributed by atoms with Crippen LogP contribution in [0, 0.1) is 0 Å². The highest BCUT2D eigenvalue weighted by molar-refractivity contribution is 5.67. The van der Waals surface area contributed by atoms with Gasteiger partial charge in [0, 0.05) is 13.0 Å². The zero-order chi connectivity index (χ0) is 16.8. The highest BCUT2D eigenvalue weighted by atomic mass is 19.4. The molecule has 1 amide bonds. The first-order valence-electron chi connectivity index (χ1n) is 7.16. The van der Waals surface area contributed by atoms with Crippen molar-refractivity contribution in [1.29, 1.82) is 0 Å². The van der Waals surface area contributed by atoms with Crippen LogP contribution in [0.5, 0.6) is 0 Å². The third kappa shape index (κ3) is 7.33. The fourth-order valence-corrected chi connectivity index (χ4v) is 1.73. The lowest BCUT2D eigenvalue weighted by Gasteiger charge is -2.19. The number of halogens is 3. The molecule has 0 saturated carbocycles. The Morgan fingerprint density at radius 3 is 2.50 bits per heavy atom. The number of rotatable bonds is 6. The lowest BCUT2D eigenvalue weighted by Crippen LogP contribution is -2.32. The first kappa shape index (κ1) is 18.3. The van der Waals surface area contributed by atoms with Crippen LogP contribution in [0.4, 0.5) is 18.0 Å². The van der Waals surface area contributed by atoms with Crippen molar-refractivity contribution in [2.45, 2.75) is 58.2 Å². The van der Waals surface area contributed by atoms with E-state index in [9.17, 15) is 18.0 Å². The number of aryl methyl sites for hydroxylation is 1. The molecule has 0 spiro atoms. The number of nitrogens with zero attached hydrogens (tertiary/aromatic N) is 1. The molecular weight excluding hydrogens is 299 g/mol. The van der Waals surface area contributed by atoms with Gasteiger partial charge in [-0.2, -0.15) is 13.2 Å². The van der Waals surface area contributed by atoms with Gasteiger partial charge in [-0.1, -0.05) is 6.42 Å². The monoisotopic (exact) mass is 321 g/mol. The summed E-state index contributed by atoms with van der Waals surface area (Å²) in [7, 11) is 0. The van der Waals surface area contributed by atoms with Crippen LogP contribution in [0.1, 0.15) is 51.6 Å². The number of aromatic nitrogens is 2. The molecule has 1 aromatic heterocycles. The lowest BCUT2D eigenvalue weighted by atomic mass is 10.2. The quantitative estimate of drug-likeness (QED) is 0.786. The van der Waals surface area contributed by atoms with E-state index in [-0.39, 0.29) is 0 Å². The van der Waals surface area contributed by atoms with Gasteiger partial charge in [-0.3, -0.25) is 0 Å². The molecule has 1 heterocycles. The molecule has 0 bridgehead atoms. The average Bonchev–Trinajstić information content (AvgIpc) is 2.79. The van der Waals surface area contributed by atoms with Gasteiger partial charge in [-0.05, 0) is 33.6 Å². The number of alkyl carbamates (subject to hydrolysis) is 1. The smallest absolute Gasteiger partial charge is 0.432 e. The van der Waals surface area contributed by atoms with E-state index in [2.05, 4.69) is 15.3 Å². The minimum Gasteiger partial charge on any atom is -0.444 e. The van der Waals surface area contributed by atoms with Crippen molar-refractivity contribution < 1.29 is 22.7 Å². The summed E-state index contributed by atoms with van der Waals surface area (Å²) in [4.78, 5) is 17.3. The number of H-pyrrole nitrogens is 1. The summed E-state index contributed by atoms with van der Waals surface area (Å²) in [6.45, 7) is 5.82. The van der Waals surface area contributed by atoms with Gasteiger partial charge < -0.3 is 15.0 Å². The van der Waals surface area contributed by atoms with Crippen LogP contribution in [0.2, 0.25) is 0 Å². The number of nitrogens with one attached hydrogen (secondary N) is 2. The maximum atomic E-state index is 12.4. The number of unbranched alkanes of at least 4 members (excludes halogenated alkanes) is 2. The van der Waals surface area contributed by atoms with E-state index in [0.29, 0.717) is 25.2 Å². The third-order valence-electron chi connectivity index (χ3n) is 2.69. The van der Waals surface area contributed by atoms with Crippen molar-refractivity contribution >= 4 is 6.09 Å². The minimum absolute atomic E-state index is 0.326. The molecular formula is C14H22F3N3O2. The van der Waals surface area contributed by atoms with E-state index >= 15 is 0 Å². The van der Waals surface area contributed by atoms with E-state index < -0.39 is 23.6 Å². The molecule has 2 N–H and O–H groups in total. The predicted octanol–water partition coefficient (Wildman–Crippen LogP) is 3.67. The van der Waals surface area contributed by atoms with Crippen LogP contribution >= 0.6 is 0 Å². The number of hydrogen-bond donors (Lipinski definition) is 2. The maximum absolute atomic E-state index is 12.4. The number of ether oxygens (including phenoxy) is 1. The highest BCUT2D eigenvalue weighted by Gasteiger charge is 2.32. The zero-order valence-corrected chi connectivity index (χ0v) is 13.0. The van der Waals surface area contributed by atoms with Crippen LogP contribution in [0.25, 0.3) is 0 Å². The van der Waals surface area contributed by atoms with Gasteiger partial charge in [0.05, 0.1) is 6.20 Å². The topological polar surface area (TPSA) is 67.0 Å². The van der Waals surface area contributed by atoms with Crippen LogP contribution in [0.15, 0.2) is 6.20 Å². The fraction of sp³-hybridized carbons (Fsp3) is 0.714. The Kier molecular flexibility index (Phi) is 6.25. The highest BCUT2D eigenvalue weighted by Crippen LogP contribution is 2.27.